The van der Waals surface area contributed by atoms with Gasteiger partial charge >= 0.3 is 0 Å². The first-order chi connectivity index (χ1) is 9.96. The van der Waals surface area contributed by atoms with Gasteiger partial charge in [0, 0.05) is 40.5 Å². The van der Waals surface area contributed by atoms with Crippen LogP contribution in [0.3, 0.4) is 0 Å². The number of carbonyl (C=O) groups excluding carboxylic acids is 1. The lowest BCUT2D eigenvalue weighted by molar-refractivity contribution is -0.115. The SMILES string of the molecule is CCC(C)CS(=O)CCC(=O)Nc1ccc(N)cc1OC. The van der Waals surface area contributed by atoms with E-state index in [9.17, 15) is 9.00 Å². The van der Waals surface area contributed by atoms with Crippen molar-refractivity contribution in [1.82, 2.24) is 0 Å². The fourth-order valence-electron chi connectivity index (χ4n) is 1.75. The molecule has 1 amide bonds. The van der Waals surface area contributed by atoms with Gasteiger partial charge in [0.2, 0.25) is 5.91 Å². The van der Waals surface area contributed by atoms with Crippen molar-refractivity contribution >= 4 is 28.1 Å². The number of carbonyl (C=O) groups is 1. The summed E-state index contributed by atoms with van der Waals surface area (Å²) >= 11 is 0. The lowest BCUT2D eigenvalue weighted by atomic mass is 10.2. The Morgan fingerprint density at radius 3 is 2.81 bits per heavy atom. The molecule has 2 atom stereocenters. The van der Waals surface area contributed by atoms with Crippen LogP contribution in [-0.4, -0.2) is 28.7 Å². The van der Waals surface area contributed by atoms with E-state index in [4.69, 9.17) is 10.5 Å². The molecule has 0 spiro atoms. The highest BCUT2D eigenvalue weighted by atomic mass is 32.2. The number of nitrogens with one attached hydrogen (secondary N) is 1. The maximum absolute atomic E-state index is 11.9. The second-order valence-corrected chi connectivity index (χ2v) is 6.70. The van der Waals surface area contributed by atoms with Crippen molar-refractivity contribution < 1.29 is 13.7 Å². The van der Waals surface area contributed by atoms with Gasteiger partial charge < -0.3 is 15.8 Å². The maximum Gasteiger partial charge on any atom is 0.225 e. The number of hydrogen-bond donors (Lipinski definition) is 2. The summed E-state index contributed by atoms with van der Waals surface area (Å²) in [4.78, 5) is 11.9. The van der Waals surface area contributed by atoms with Crippen LogP contribution < -0.4 is 15.8 Å². The van der Waals surface area contributed by atoms with Crippen LogP contribution in [0.4, 0.5) is 11.4 Å². The van der Waals surface area contributed by atoms with Gasteiger partial charge in [0.05, 0.1) is 12.8 Å². The molecule has 1 aromatic rings. The summed E-state index contributed by atoms with van der Waals surface area (Å²) in [5, 5.41) is 2.76. The van der Waals surface area contributed by atoms with Gasteiger partial charge in [-0.25, -0.2) is 0 Å². The zero-order chi connectivity index (χ0) is 15.8. The van der Waals surface area contributed by atoms with E-state index in [1.165, 1.54) is 7.11 Å². The monoisotopic (exact) mass is 312 g/mol. The summed E-state index contributed by atoms with van der Waals surface area (Å²) in [5.74, 6) is 1.80. The van der Waals surface area contributed by atoms with Crippen LogP contribution in [0.2, 0.25) is 0 Å². The quantitative estimate of drug-likeness (QED) is 0.722. The van der Waals surface area contributed by atoms with Gasteiger partial charge in [-0.3, -0.25) is 9.00 Å². The number of nitrogen functional groups attached to an aromatic ring is 1. The van der Waals surface area contributed by atoms with Crippen LogP contribution >= 0.6 is 0 Å². The van der Waals surface area contributed by atoms with E-state index in [-0.39, 0.29) is 12.3 Å². The van der Waals surface area contributed by atoms with Gasteiger partial charge in [0.1, 0.15) is 5.75 Å². The highest BCUT2D eigenvalue weighted by Crippen LogP contribution is 2.26. The minimum atomic E-state index is -0.951. The van der Waals surface area contributed by atoms with Gasteiger partial charge in [0.25, 0.3) is 0 Å². The first-order valence-electron chi connectivity index (χ1n) is 7.04. The molecule has 0 aromatic heterocycles. The Bertz CT molecular complexity index is 506. The van der Waals surface area contributed by atoms with Crippen molar-refractivity contribution in [2.24, 2.45) is 5.92 Å². The molecule has 0 fully saturated rings. The van der Waals surface area contributed by atoms with E-state index in [2.05, 4.69) is 19.2 Å². The summed E-state index contributed by atoms with van der Waals surface area (Å²) < 4.78 is 17.0. The van der Waals surface area contributed by atoms with Gasteiger partial charge in [0.15, 0.2) is 0 Å². The van der Waals surface area contributed by atoms with E-state index in [1.54, 1.807) is 18.2 Å². The summed E-state index contributed by atoms with van der Waals surface area (Å²) in [5.41, 5.74) is 6.80. The molecule has 3 N–H and O–H groups in total. The first-order valence-corrected chi connectivity index (χ1v) is 8.53. The Kier molecular flexibility index (Phi) is 7.22. The third kappa shape index (κ3) is 6.16. The zero-order valence-corrected chi connectivity index (χ0v) is 13.7. The third-order valence-electron chi connectivity index (χ3n) is 3.22. The Balaban J connectivity index is 2.49. The largest absolute Gasteiger partial charge is 0.494 e. The van der Waals surface area contributed by atoms with Crippen molar-refractivity contribution in [3.05, 3.63) is 18.2 Å². The van der Waals surface area contributed by atoms with Crippen molar-refractivity contribution in [1.29, 1.82) is 0 Å². The predicted molar refractivity (Wildman–Crippen MR) is 88.0 cm³/mol. The minimum absolute atomic E-state index is 0.171. The van der Waals surface area contributed by atoms with Crippen molar-refractivity contribution in [2.45, 2.75) is 26.7 Å². The molecule has 0 heterocycles. The number of methoxy groups -OCH3 is 1. The number of nitrogens with two attached hydrogens (primary N) is 1. The van der Waals surface area contributed by atoms with Crippen molar-refractivity contribution in [3.63, 3.8) is 0 Å². The number of ether oxygens (including phenoxy) is 1. The molecular weight excluding hydrogens is 288 g/mol. The fraction of sp³-hybridized carbons (Fsp3) is 0.533. The van der Waals surface area contributed by atoms with Gasteiger partial charge in [-0.2, -0.15) is 0 Å². The first kappa shape index (κ1) is 17.5. The average molecular weight is 312 g/mol. The van der Waals surface area contributed by atoms with Gasteiger partial charge in [-0.1, -0.05) is 20.3 Å². The van der Waals surface area contributed by atoms with E-state index < -0.39 is 10.8 Å². The standard InChI is InChI=1S/C15H24N2O3S/c1-4-11(2)10-21(19)8-7-15(18)17-13-6-5-12(16)9-14(13)20-3/h5-6,9,11H,4,7-8,10,16H2,1-3H3,(H,17,18). The van der Waals surface area contributed by atoms with Crippen LogP contribution in [0, 0.1) is 5.92 Å². The number of amides is 1. The summed E-state index contributed by atoms with van der Waals surface area (Å²) in [7, 11) is 0.568. The van der Waals surface area contributed by atoms with Gasteiger partial charge in [-0.05, 0) is 18.1 Å². The average Bonchev–Trinajstić information content (AvgIpc) is 2.46. The van der Waals surface area contributed by atoms with E-state index in [1.807, 2.05) is 0 Å². The Hall–Kier alpha value is -1.56. The zero-order valence-electron chi connectivity index (χ0n) is 12.8. The Labute approximate surface area is 128 Å². The topological polar surface area (TPSA) is 81.4 Å². The fourth-order valence-corrected chi connectivity index (χ4v) is 3.20. The molecule has 5 nitrogen and oxygen atoms in total. The van der Waals surface area contributed by atoms with Crippen LogP contribution in [-0.2, 0) is 15.6 Å². The molecule has 1 aromatic carbocycles. The van der Waals surface area contributed by atoms with Crippen molar-refractivity contribution in [2.75, 3.05) is 29.7 Å². The molecule has 0 radical (unpaired) electrons. The number of benzene rings is 1. The molecule has 0 aliphatic rings. The number of anilines is 2. The molecule has 118 valence electrons. The summed E-state index contributed by atoms with van der Waals surface area (Å²) in [6.45, 7) is 4.14. The second-order valence-electron chi connectivity index (χ2n) is 5.08. The van der Waals surface area contributed by atoms with E-state index >= 15 is 0 Å². The maximum atomic E-state index is 11.9. The predicted octanol–water partition coefficient (Wildman–Crippen LogP) is 2.40. The van der Waals surface area contributed by atoms with E-state index in [0.717, 1.165) is 6.42 Å². The lowest BCUT2D eigenvalue weighted by Gasteiger charge is -2.11. The molecule has 0 aliphatic heterocycles. The Morgan fingerprint density at radius 1 is 1.48 bits per heavy atom. The van der Waals surface area contributed by atoms with Crippen LogP contribution in [0.25, 0.3) is 0 Å². The van der Waals surface area contributed by atoms with Crippen LogP contribution in [0.5, 0.6) is 5.75 Å². The minimum Gasteiger partial charge on any atom is -0.494 e. The Morgan fingerprint density at radius 2 is 2.19 bits per heavy atom. The van der Waals surface area contributed by atoms with E-state index in [0.29, 0.717) is 34.5 Å². The van der Waals surface area contributed by atoms with Crippen molar-refractivity contribution in [3.8, 4) is 5.75 Å². The smallest absolute Gasteiger partial charge is 0.225 e. The van der Waals surface area contributed by atoms with Crippen LogP contribution in [0.15, 0.2) is 18.2 Å². The van der Waals surface area contributed by atoms with Gasteiger partial charge in [-0.15, -0.1) is 0 Å². The second kappa shape index (κ2) is 8.67. The summed E-state index contributed by atoms with van der Waals surface area (Å²) in [6.07, 6.45) is 1.23. The molecule has 0 aliphatic carbocycles. The molecular formula is C15H24N2O3S. The molecule has 6 heteroatoms. The molecule has 0 saturated carbocycles. The number of rotatable bonds is 8. The normalized spacial score (nSPS) is 13.5. The lowest BCUT2D eigenvalue weighted by Crippen LogP contribution is -2.18. The number of hydrogen-bond acceptors (Lipinski definition) is 4. The molecule has 2 unspecified atom stereocenters. The highest BCUT2D eigenvalue weighted by Gasteiger charge is 2.11. The molecule has 1 rings (SSSR count). The molecule has 0 bridgehead atoms. The molecule has 0 saturated heterocycles. The highest BCUT2D eigenvalue weighted by molar-refractivity contribution is 7.85. The van der Waals surface area contributed by atoms with Crippen LogP contribution in [0.1, 0.15) is 26.7 Å². The summed E-state index contributed by atoms with van der Waals surface area (Å²) in [6, 6.07) is 5.04. The third-order valence-corrected chi connectivity index (χ3v) is 4.82. The molecule has 21 heavy (non-hydrogen) atoms.